The highest BCUT2D eigenvalue weighted by Gasteiger charge is 2.52. The van der Waals surface area contributed by atoms with Crippen LogP contribution in [0.3, 0.4) is 0 Å². The van der Waals surface area contributed by atoms with E-state index >= 15 is 0 Å². The van der Waals surface area contributed by atoms with Gasteiger partial charge in [-0.2, -0.15) is 0 Å². The molecule has 1 fully saturated rings. The van der Waals surface area contributed by atoms with Crippen molar-refractivity contribution < 1.29 is 18.8 Å². The van der Waals surface area contributed by atoms with Crippen molar-refractivity contribution >= 4 is 24.5 Å². The maximum absolute atomic E-state index is 11.9. The van der Waals surface area contributed by atoms with Gasteiger partial charge in [0, 0.05) is 0 Å². The molecule has 1 N–H and O–H groups in total. The molecule has 0 bridgehead atoms. The van der Waals surface area contributed by atoms with Crippen molar-refractivity contribution in [2.45, 2.75) is 72.2 Å². The third kappa shape index (κ3) is 4.08. The fraction of sp³-hybridized carbons (Fsp3) is 0.647. The third-order valence-electron chi connectivity index (χ3n) is 4.24. The van der Waals surface area contributed by atoms with Crippen LogP contribution >= 0.6 is 0 Å². The third-order valence-corrected chi connectivity index (χ3v) is 4.24. The Morgan fingerprint density at radius 1 is 1.17 bits per heavy atom. The minimum absolute atomic E-state index is 0.416. The van der Waals surface area contributed by atoms with Crippen LogP contribution in [0.1, 0.15) is 54.2 Å². The normalized spacial score (nSPS) is 19.2. The van der Waals surface area contributed by atoms with Gasteiger partial charge >= 0.3 is 13.2 Å². The summed E-state index contributed by atoms with van der Waals surface area (Å²) in [5.74, 6) is 0. The summed E-state index contributed by atoms with van der Waals surface area (Å²) in [6.45, 7) is 15.3. The van der Waals surface area contributed by atoms with Gasteiger partial charge in [0.2, 0.25) is 0 Å². The van der Waals surface area contributed by atoms with Gasteiger partial charge in [0.15, 0.2) is 0 Å². The zero-order valence-electron chi connectivity index (χ0n) is 15.8. The molecule has 1 saturated heterocycles. The minimum atomic E-state index is -0.548. The monoisotopic (exact) mass is 334 g/mol. The smallest absolute Gasteiger partial charge is 0.444 e. The fourth-order valence-corrected chi connectivity index (χ4v) is 2.22. The first-order valence-electron chi connectivity index (χ1n) is 8.14. The number of nitrogens with one attached hydrogen (secondary N) is 1. The quantitative estimate of drug-likeness (QED) is 0.842. The van der Waals surface area contributed by atoms with Crippen LogP contribution in [0.4, 0.5) is 10.5 Å². The Bertz CT molecular complexity index is 622. The molecule has 24 heavy (non-hydrogen) atoms. The minimum Gasteiger partial charge on any atom is -0.444 e. The average Bonchev–Trinajstić information content (AvgIpc) is 2.58. The van der Waals surface area contributed by atoms with Crippen LogP contribution in [0.15, 0.2) is 12.1 Å². The van der Waals surface area contributed by atoms with Crippen molar-refractivity contribution in [1.82, 2.24) is 4.98 Å². The number of ether oxygens (including phenoxy) is 1. The summed E-state index contributed by atoms with van der Waals surface area (Å²) in [6, 6.07) is 3.58. The van der Waals surface area contributed by atoms with E-state index in [2.05, 4.69) is 10.3 Å². The molecule has 1 aromatic rings. The van der Waals surface area contributed by atoms with Crippen molar-refractivity contribution in [3.8, 4) is 0 Å². The topological polar surface area (TPSA) is 69.7 Å². The molecule has 0 radical (unpaired) electrons. The van der Waals surface area contributed by atoms with Gasteiger partial charge in [-0.25, -0.2) is 4.79 Å². The fourth-order valence-electron chi connectivity index (χ4n) is 2.22. The molecule has 0 aromatic carbocycles. The zero-order chi connectivity index (χ0) is 18.3. The molecule has 1 amide bonds. The Hall–Kier alpha value is -1.60. The lowest BCUT2D eigenvalue weighted by atomic mass is 9.84. The molecule has 1 aromatic heterocycles. The molecule has 0 spiro atoms. The zero-order valence-corrected chi connectivity index (χ0v) is 15.8. The summed E-state index contributed by atoms with van der Waals surface area (Å²) in [5, 5.41) is 2.71. The second kappa shape index (κ2) is 6.04. The molecule has 7 heteroatoms. The lowest BCUT2D eigenvalue weighted by Gasteiger charge is -2.32. The van der Waals surface area contributed by atoms with Crippen molar-refractivity contribution in [1.29, 1.82) is 0 Å². The van der Waals surface area contributed by atoms with Gasteiger partial charge in [0.1, 0.15) is 5.60 Å². The van der Waals surface area contributed by atoms with Gasteiger partial charge in [-0.15, -0.1) is 0 Å². The molecule has 2 rings (SSSR count). The van der Waals surface area contributed by atoms with Crippen LogP contribution in [0, 0.1) is 6.92 Å². The molecule has 1 aliphatic rings. The molecule has 0 aliphatic carbocycles. The van der Waals surface area contributed by atoms with Crippen molar-refractivity contribution in [2.24, 2.45) is 0 Å². The number of amides is 1. The van der Waals surface area contributed by atoms with E-state index in [9.17, 15) is 4.79 Å². The van der Waals surface area contributed by atoms with E-state index in [0.29, 0.717) is 17.0 Å². The van der Waals surface area contributed by atoms with Gasteiger partial charge in [-0.1, -0.05) is 0 Å². The van der Waals surface area contributed by atoms with E-state index in [1.807, 2.05) is 55.4 Å². The van der Waals surface area contributed by atoms with E-state index in [0.717, 1.165) is 0 Å². The van der Waals surface area contributed by atoms with E-state index in [4.69, 9.17) is 14.0 Å². The van der Waals surface area contributed by atoms with Crippen molar-refractivity contribution in [2.75, 3.05) is 5.32 Å². The number of pyridine rings is 1. The lowest BCUT2D eigenvalue weighted by Crippen LogP contribution is -2.41. The Labute approximate surface area is 144 Å². The first-order chi connectivity index (χ1) is 10.8. The number of aromatic nitrogens is 1. The summed E-state index contributed by atoms with van der Waals surface area (Å²) in [4.78, 5) is 16.4. The van der Waals surface area contributed by atoms with Crippen LogP contribution in [0.5, 0.6) is 0 Å². The Morgan fingerprint density at radius 2 is 1.71 bits per heavy atom. The first kappa shape index (κ1) is 18.7. The number of carbonyl (C=O) groups is 1. The lowest BCUT2D eigenvalue weighted by molar-refractivity contribution is 0.00578. The molecule has 1 aliphatic heterocycles. The highest BCUT2D eigenvalue weighted by Crippen LogP contribution is 2.36. The highest BCUT2D eigenvalue weighted by molar-refractivity contribution is 6.61. The highest BCUT2D eigenvalue weighted by atomic mass is 16.7. The Morgan fingerprint density at radius 3 is 2.17 bits per heavy atom. The van der Waals surface area contributed by atoms with Gasteiger partial charge in [-0.05, 0) is 67.5 Å². The number of aryl methyl sites for hydroxylation is 1. The largest absolute Gasteiger partial charge is 0.514 e. The molecule has 132 valence electrons. The molecule has 2 heterocycles. The summed E-state index contributed by atoms with van der Waals surface area (Å²) in [6.07, 6.45) is -0.504. The van der Waals surface area contributed by atoms with Crippen LogP contribution in [-0.2, 0) is 14.0 Å². The number of anilines is 1. The van der Waals surface area contributed by atoms with E-state index in [1.54, 1.807) is 12.1 Å². The maximum atomic E-state index is 11.9. The summed E-state index contributed by atoms with van der Waals surface area (Å²) in [7, 11) is -0.524. The summed E-state index contributed by atoms with van der Waals surface area (Å²) in [5.41, 5.74) is 0.577. The number of carbonyl (C=O) groups excluding carboxylic acids is 1. The van der Waals surface area contributed by atoms with Gasteiger partial charge in [0.05, 0.1) is 28.2 Å². The maximum Gasteiger partial charge on any atom is 0.514 e. The SMILES string of the molecule is Cc1nc(B2OC(C)(C)C(C)(C)O2)ccc1NC(=O)OC(C)(C)C. The van der Waals surface area contributed by atoms with Crippen LogP contribution < -0.4 is 10.9 Å². The predicted molar refractivity (Wildman–Crippen MR) is 94.5 cm³/mol. The molecular weight excluding hydrogens is 307 g/mol. The Balaban J connectivity index is 2.12. The number of rotatable bonds is 2. The molecular formula is C17H27BN2O4. The summed E-state index contributed by atoms with van der Waals surface area (Å²) >= 11 is 0. The Kier molecular flexibility index (Phi) is 4.72. The molecule has 0 unspecified atom stereocenters. The predicted octanol–water partition coefficient (Wildman–Crippen LogP) is 3.04. The average molecular weight is 334 g/mol. The standard InChI is InChI=1S/C17H27BN2O4/c1-11-12(20-14(21)22-15(2,3)4)9-10-13(19-11)18-23-16(5,6)17(7,8)24-18/h9-10H,1-8H3,(H,20,21). The van der Waals surface area contributed by atoms with Crippen LogP contribution in [0.25, 0.3) is 0 Å². The second-order valence-electron chi connectivity index (χ2n) is 8.08. The summed E-state index contributed by atoms with van der Waals surface area (Å²) < 4.78 is 17.2. The number of hydrogen-bond acceptors (Lipinski definition) is 5. The van der Waals surface area contributed by atoms with Crippen molar-refractivity contribution in [3.05, 3.63) is 17.8 Å². The second-order valence-corrected chi connectivity index (χ2v) is 8.08. The van der Waals surface area contributed by atoms with Gasteiger partial charge in [-0.3, -0.25) is 10.3 Å². The van der Waals surface area contributed by atoms with Gasteiger partial charge in [0.25, 0.3) is 0 Å². The molecule has 6 nitrogen and oxygen atoms in total. The first-order valence-corrected chi connectivity index (χ1v) is 8.14. The van der Waals surface area contributed by atoms with Crippen molar-refractivity contribution in [3.63, 3.8) is 0 Å². The molecule has 0 saturated carbocycles. The van der Waals surface area contributed by atoms with E-state index in [1.165, 1.54) is 0 Å². The van der Waals surface area contributed by atoms with Crippen LogP contribution in [0.2, 0.25) is 0 Å². The van der Waals surface area contributed by atoms with E-state index < -0.39 is 30.0 Å². The molecule has 0 atom stereocenters. The number of nitrogens with zero attached hydrogens (tertiary/aromatic N) is 1. The van der Waals surface area contributed by atoms with Gasteiger partial charge < -0.3 is 14.0 Å². The number of hydrogen-bond donors (Lipinski definition) is 1. The van der Waals surface area contributed by atoms with E-state index in [-0.39, 0.29) is 0 Å². The van der Waals surface area contributed by atoms with Crippen LogP contribution in [-0.4, -0.2) is 35.0 Å².